The number of hydrogen-bond donors (Lipinski definition) is 1. The van der Waals surface area contributed by atoms with E-state index in [1.54, 1.807) is 0 Å². The van der Waals surface area contributed by atoms with Gasteiger partial charge in [0.05, 0.1) is 6.10 Å². The maximum absolute atomic E-state index is 9.25. The average molecular weight is 152 g/mol. The predicted molar refractivity (Wildman–Crippen MR) is 45.3 cm³/mol. The summed E-state index contributed by atoms with van der Waals surface area (Å²) in [6, 6.07) is 0. The van der Waals surface area contributed by atoms with E-state index in [4.69, 9.17) is 0 Å². The molecule has 1 N–H and O–H groups in total. The van der Waals surface area contributed by atoms with E-state index in [9.17, 15) is 5.11 Å². The van der Waals surface area contributed by atoms with Gasteiger partial charge in [-0.3, -0.25) is 0 Å². The molecule has 1 saturated carbocycles. The zero-order chi connectivity index (χ0) is 6.85. The molecule has 2 atom stereocenters. The molecule has 1 rings (SSSR count). The van der Waals surface area contributed by atoms with Crippen LogP contribution in [-0.4, -0.2) is 40.8 Å². The van der Waals surface area contributed by atoms with E-state index in [0.29, 0.717) is 0 Å². The Morgan fingerprint density at radius 3 is 1.70 bits per heavy atom. The maximum atomic E-state index is 9.25. The van der Waals surface area contributed by atoms with Gasteiger partial charge in [0.2, 0.25) is 0 Å². The van der Waals surface area contributed by atoms with Crippen molar-refractivity contribution in [3.05, 3.63) is 0 Å². The van der Waals surface area contributed by atoms with Gasteiger partial charge < -0.3 is 5.11 Å². The Bertz CT molecular complexity index is 70.2. The Morgan fingerprint density at radius 2 is 1.40 bits per heavy atom. The van der Waals surface area contributed by atoms with E-state index in [0.717, 1.165) is 24.7 Å². The van der Waals surface area contributed by atoms with Crippen molar-refractivity contribution in [3.8, 4) is 0 Å². The van der Waals surface area contributed by atoms with Gasteiger partial charge in [-0.2, -0.15) is 0 Å². The first-order valence-electron chi connectivity index (χ1n) is 3.86. The van der Waals surface area contributed by atoms with E-state index < -0.39 is 0 Å². The van der Waals surface area contributed by atoms with Gasteiger partial charge in [-0.05, 0) is 31.1 Å². The average Bonchev–Trinajstić information content (AvgIpc) is 1.59. The van der Waals surface area contributed by atoms with Gasteiger partial charge in [-0.25, -0.2) is 0 Å². The third kappa shape index (κ3) is 3.38. The van der Waals surface area contributed by atoms with E-state index in [-0.39, 0.29) is 35.7 Å². The molecule has 0 saturated heterocycles. The van der Waals surface area contributed by atoms with Crippen LogP contribution in [0.5, 0.6) is 0 Å². The molecule has 0 aromatic carbocycles. The molecule has 0 amide bonds. The SMILES string of the molecule is CC1CC(C)CC(O)C1.[NaH]. The molecular weight excluding hydrogens is 135 g/mol. The fraction of sp³-hybridized carbons (Fsp3) is 1.00. The van der Waals surface area contributed by atoms with Crippen LogP contribution in [0, 0.1) is 11.8 Å². The van der Waals surface area contributed by atoms with E-state index >= 15 is 0 Å². The minimum absolute atomic E-state index is 0. The van der Waals surface area contributed by atoms with Crippen molar-refractivity contribution >= 4 is 29.6 Å². The van der Waals surface area contributed by atoms with Gasteiger partial charge in [0.25, 0.3) is 0 Å². The second-order valence-electron chi connectivity index (χ2n) is 3.57. The summed E-state index contributed by atoms with van der Waals surface area (Å²) >= 11 is 0. The van der Waals surface area contributed by atoms with Crippen LogP contribution in [0.2, 0.25) is 0 Å². The second kappa shape index (κ2) is 4.76. The van der Waals surface area contributed by atoms with Crippen molar-refractivity contribution in [2.45, 2.75) is 39.2 Å². The van der Waals surface area contributed by atoms with Crippen molar-refractivity contribution in [3.63, 3.8) is 0 Å². The molecule has 1 aliphatic rings. The van der Waals surface area contributed by atoms with Crippen LogP contribution in [0.4, 0.5) is 0 Å². The molecule has 0 aliphatic heterocycles. The molecule has 1 fully saturated rings. The van der Waals surface area contributed by atoms with Crippen LogP contribution in [-0.2, 0) is 0 Å². The Kier molecular flexibility index (Phi) is 5.22. The first-order chi connectivity index (χ1) is 4.18. The van der Waals surface area contributed by atoms with Crippen molar-refractivity contribution in [1.29, 1.82) is 0 Å². The molecule has 0 aromatic rings. The molecule has 1 nitrogen and oxygen atoms in total. The number of rotatable bonds is 0. The van der Waals surface area contributed by atoms with Gasteiger partial charge in [0, 0.05) is 0 Å². The summed E-state index contributed by atoms with van der Waals surface area (Å²) in [5.74, 6) is 1.48. The van der Waals surface area contributed by atoms with Crippen LogP contribution >= 0.6 is 0 Å². The Labute approximate surface area is 85.5 Å². The molecule has 0 radical (unpaired) electrons. The third-order valence-corrected chi connectivity index (χ3v) is 2.15. The molecular formula is C8H17NaO. The number of aliphatic hydroxyl groups is 1. The van der Waals surface area contributed by atoms with E-state index in [1.807, 2.05) is 0 Å². The normalized spacial score (nSPS) is 40.5. The molecule has 1 aliphatic carbocycles. The van der Waals surface area contributed by atoms with Crippen LogP contribution in [0.3, 0.4) is 0 Å². The first kappa shape index (κ1) is 11.0. The van der Waals surface area contributed by atoms with Crippen LogP contribution < -0.4 is 0 Å². The summed E-state index contributed by atoms with van der Waals surface area (Å²) in [6.45, 7) is 4.44. The van der Waals surface area contributed by atoms with Crippen molar-refractivity contribution in [2.24, 2.45) is 11.8 Å². The Hall–Kier alpha value is 0.960. The third-order valence-electron chi connectivity index (χ3n) is 2.15. The monoisotopic (exact) mass is 152 g/mol. The summed E-state index contributed by atoms with van der Waals surface area (Å²) < 4.78 is 0. The predicted octanol–water partition coefficient (Wildman–Crippen LogP) is 1.15. The van der Waals surface area contributed by atoms with E-state index in [1.165, 1.54) is 6.42 Å². The molecule has 0 spiro atoms. The summed E-state index contributed by atoms with van der Waals surface area (Å²) in [7, 11) is 0. The fourth-order valence-corrected chi connectivity index (χ4v) is 1.90. The quantitative estimate of drug-likeness (QED) is 0.516. The Morgan fingerprint density at radius 1 is 1.00 bits per heavy atom. The first-order valence-corrected chi connectivity index (χ1v) is 3.86. The van der Waals surface area contributed by atoms with Gasteiger partial charge in [-0.1, -0.05) is 13.8 Å². The summed E-state index contributed by atoms with van der Waals surface area (Å²) in [4.78, 5) is 0. The molecule has 56 valence electrons. The van der Waals surface area contributed by atoms with Gasteiger partial charge >= 0.3 is 29.6 Å². The number of hydrogen-bond acceptors (Lipinski definition) is 1. The van der Waals surface area contributed by atoms with Crippen molar-refractivity contribution < 1.29 is 5.11 Å². The van der Waals surface area contributed by atoms with Gasteiger partial charge in [0.1, 0.15) is 0 Å². The van der Waals surface area contributed by atoms with E-state index in [2.05, 4.69) is 13.8 Å². The second-order valence-corrected chi connectivity index (χ2v) is 3.57. The summed E-state index contributed by atoms with van der Waals surface area (Å²) in [6.07, 6.45) is 3.33. The molecule has 2 unspecified atom stereocenters. The molecule has 10 heavy (non-hydrogen) atoms. The van der Waals surface area contributed by atoms with Gasteiger partial charge in [0.15, 0.2) is 0 Å². The fourth-order valence-electron chi connectivity index (χ4n) is 1.90. The molecule has 0 heterocycles. The van der Waals surface area contributed by atoms with Crippen LogP contribution in [0.15, 0.2) is 0 Å². The van der Waals surface area contributed by atoms with Gasteiger partial charge in [-0.15, -0.1) is 0 Å². The van der Waals surface area contributed by atoms with Crippen molar-refractivity contribution in [1.82, 2.24) is 0 Å². The minimum atomic E-state index is -0.0104. The van der Waals surface area contributed by atoms with Crippen LogP contribution in [0.25, 0.3) is 0 Å². The Balaban J connectivity index is 0.000000810. The summed E-state index contributed by atoms with van der Waals surface area (Å²) in [5.41, 5.74) is 0. The topological polar surface area (TPSA) is 20.2 Å². The van der Waals surface area contributed by atoms with Crippen LogP contribution in [0.1, 0.15) is 33.1 Å². The standard InChI is InChI=1S/C8H16O.Na.H/c1-6-3-7(2)5-8(9)4-6;;/h6-9H,3-5H2,1-2H3;;. The molecule has 2 heteroatoms. The number of aliphatic hydroxyl groups excluding tert-OH is 1. The molecule has 0 aromatic heterocycles. The van der Waals surface area contributed by atoms with Crippen molar-refractivity contribution in [2.75, 3.05) is 0 Å². The zero-order valence-electron chi connectivity index (χ0n) is 6.30. The zero-order valence-corrected chi connectivity index (χ0v) is 6.30. The molecule has 0 bridgehead atoms. The summed E-state index contributed by atoms with van der Waals surface area (Å²) in [5, 5.41) is 9.25.